The highest BCUT2D eigenvalue weighted by atomic mass is 35.5. The van der Waals surface area contributed by atoms with Gasteiger partial charge in [-0.1, -0.05) is 23.7 Å². The average Bonchev–Trinajstić information content (AvgIpc) is 3.18. The predicted octanol–water partition coefficient (Wildman–Crippen LogP) is 1.22. The highest BCUT2D eigenvalue weighted by Crippen LogP contribution is 2.27. The molecular weight excluding hydrogens is 300 g/mol. The average molecular weight is 323 g/mol. The van der Waals surface area contributed by atoms with Gasteiger partial charge in [0, 0.05) is 18.1 Å². The van der Waals surface area contributed by atoms with E-state index < -0.39 is 0 Å². The number of carbonyl (C=O) groups excluding carboxylic acids is 1. The first kappa shape index (κ1) is 15.7. The molecule has 0 bridgehead atoms. The number of carbonyl (C=O) groups is 1. The first-order valence-corrected chi connectivity index (χ1v) is 8.34. The van der Waals surface area contributed by atoms with Gasteiger partial charge in [-0.05, 0) is 49.5 Å². The second-order valence-corrected chi connectivity index (χ2v) is 6.54. The minimum absolute atomic E-state index is 0.0353. The number of benzene rings is 1. The van der Waals surface area contributed by atoms with Crippen LogP contribution in [0.5, 0.6) is 0 Å². The third kappa shape index (κ3) is 3.79. The van der Waals surface area contributed by atoms with Gasteiger partial charge in [0.25, 0.3) is 0 Å². The summed E-state index contributed by atoms with van der Waals surface area (Å²) in [6, 6.07) is 7.64. The number of amides is 1. The summed E-state index contributed by atoms with van der Waals surface area (Å²) in [4.78, 5) is 12.4. The van der Waals surface area contributed by atoms with E-state index in [1.54, 1.807) is 0 Å². The molecule has 0 radical (unpaired) electrons. The Bertz CT molecular complexity index is 519. The summed E-state index contributed by atoms with van der Waals surface area (Å²) in [7, 11) is 0. The summed E-state index contributed by atoms with van der Waals surface area (Å²) >= 11 is 6.05. The maximum absolute atomic E-state index is 12.4. The van der Waals surface area contributed by atoms with E-state index in [1.165, 1.54) is 6.42 Å². The van der Waals surface area contributed by atoms with E-state index in [9.17, 15) is 4.79 Å². The molecule has 3 unspecified atom stereocenters. The van der Waals surface area contributed by atoms with E-state index in [-0.39, 0.29) is 17.9 Å². The quantitative estimate of drug-likeness (QED) is 0.658. The third-order valence-electron chi connectivity index (χ3n) is 4.54. The number of rotatable bonds is 5. The van der Waals surface area contributed by atoms with Gasteiger partial charge in [-0.2, -0.15) is 0 Å². The largest absolute Gasteiger partial charge is 0.356 e. The van der Waals surface area contributed by atoms with Crippen molar-refractivity contribution in [3.63, 3.8) is 0 Å². The molecule has 3 rings (SSSR count). The number of hydrogen-bond donors (Lipinski definition) is 4. The second-order valence-electron chi connectivity index (χ2n) is 6.10. The lowest BCUT2D eigenvalue weighted by Gasteiger charge is -2.19. The second kappa shape index (κ2) is 7.42. The fourth-order valence-corrected chi connectivity index (χ4v) is 3.45. The van der Waals surface area contributed by atoms with Gasteiger partial charge < -0.3 is 10.6 Å². The molecule has 0 spiro atoms. The Labute approximate surface area is 136 Å². The van der Waals surface area contributed by atoms with Crippen LogP contribution in [0.25, 0.3) is 0 Å². The predicted molar refractivity (Wildman–Crippen MR) is 87.4 cm³/mol. The molecular formula is C16H23ClN4O. The number of hydrogen-bond acceptors (Lipinski definition) is 4. The minimum atomic E-state index is -0.111. The van der Waals surface area contributed by atoms with E-state index in [4.69, 9.17) is 11.6 Å². The van der Waals surface area contributed by atoms with Crippen molar-refractivity contribution in [2.45, 2.75) is 18.9 Å². The molecule has 22 heavy (non-hydrogen) atoms. The summed E-state index contributed by atoms with van der Waals surface area (Å²) in [6.07, 6.45) is 2.27. The molecule has 3 atom stereocenters. The molecule has 0 aliphatic carbocycles. The smallest absolute Gasteiger partial charge is 0.226 e. The lowest BCUT2D eigenvalue weighted by molar-refractivity contribution is -0.124. The van der Waals surface area contributed by atoms with Gasteiger partial charge in [-0.15, -0.1) is 0 Å². The molecule has 1 aromatic carbocycles. The molecule has 2 saturated heterocycles. The van der Waals surface area contributed by atoms with Gasteiger partial charge in [0.1, 0.15) is 0 Å². The lowest BCUT2D eigenvalue weighted by Crippen LogP contribution is -2.36. The van der Waals surface area contributed by atoms with E-state index in [2.05, 4.69) is 21.5 Å². The van der Waals surface area contributed by atoms with E-state index in [1.807, 2.05) is 24.3 Å². The van der Waals surface area contributed by atoms with Gasteiger partial charge in [0.15, 0.2) is 0 Å². The molecule has 2 aliphatic heterocycles. The molecule has 4 N–H and O–H groups in total. The van der Waals surface area contributed by atoms with Crippen LogP contribution in [0, 0.1) is 11.8 Å². The van der Waals surface area contributed by atoms with Crippen LogP contribution >= 0.6 is 11.6 Å². The Hall–Kier alpha value is -1.14. The van der Waals surface area contributed by atoms with Crippen molar-refractivity contribution in [2.75, 3.05) is 26.2 Å². The van der Waals surface area contributed by atoms with Gasteiger partial charge in [0.2, 0.25) is 5.91 Å². The monoisotopic (exact) mass is 322 g/mol. The topological polar surface area (TPSA) is 65.2 Å². The fourth-order valence-electron chi connectivity index (χ4n) is 3.25. The standard InChI is InChI=1S/C16H23ClN4O/c17-13-3-1-2-12(8-13)15-14(10-20-21-15)16(22)19-7-5-11-4-6-18-9-11/h1-3,8,11,14-15,18,20-21H,4-7,9-10H2,(H,19,22). The van der Waals surface area contributed by atoms with Crippen LogP contribution in [-0.2, 0) is 4.79 Å². The van der Waals surface area contributed by atoms with E-state index in [0.717, 1.165) is 31.6 Å². The van der Waals surface area contributed by atoms with Crippen molar-refractivity contribution in [3.05, 3.63) is 34.9 Å². The molecule has 0 aromatic heterocycles. The lowest BCUT2D eigenvalue weighted by atomic mass is 9.94. The molecule has 2 aliphatic rings. The number of halogens is 1. The molecule has 1 aromatic rings. The van der Waals surface area contributed by atoms with Crippen LogP contribution in [-0.4, -0.2) is 32.1 Å². The van der Waals surface area contributed by atoms with Gasteiger partial charge in [0.05, 0.1) is 12.0 Å². The Kier molecular flexibility index (Phi) is 5.31. The van der Waals surface area contributed by atoms with Crippen LogP contribution in [0.3, 0.4) is 0 Å². The first-order valence-electron chi connectivity index (χ1n) is 7.96. The fraction of sp³-hybridized carbons (Fsp3) is 0.562. The van der Waals surface area contributed by atoms with Crippen LogP contribution in [0.1, 0.15) is 24.4 Å². The Morgan fingerprint density at radius 2 is 2.27 bits per heavy atom. The highest BCUT2D eigenvalue weighted by Gasteiger charge is 2.33. The van der Waals surface area contributed by atoms with Crippen molar-refractivity contribution in [1.82, 2.24) is 21.5 Å². The van der Waals surface area contributed by atoms with Crippen molar-refractivity contribution < 1.29 is 4.79 Å². The zero-order valence-corrected chi connectivity index (χ0v) is 13.3. The summed E-state index contributed by atoms with van der Waals surface area (Å²) < 4.78 is 0. The zero-order valence-electron chi connectivity index (χ0n) is 12.6. The van der Waals surface area contributed by atoms with Crippen LogP contribution in [0.2, 0.25) is 5.02 Å². The summed E-state index contributed by atoms with van der Waals surface area (Å²) in [5.74, 6) is 0.692. The Balaban J connectivity index is 1.54. The Morgan fingerprint density at radius 3 is 3.05 bits per heavy atom. The molecule has 5 nitrogen and oxygen atoms in total. The molecule has 2 heterocycles. The van der Waals surface area contributed by atoms with Crippen molar-refractivity contribution in [1.29, 1.82) is 0 Å². The zero-order chi connectivity index (χ0) is 15.4. The maximum Gasteiger partial charge on any atom is 0.226 e. The van der Waals surface area contributed by atoms with Crippen molar-refractivity contribution in [3.8, 4) is 0 Å². The van der Waals surface area contributed by atoms with Crippen LogP contribution in [0.15, 0.2) is 24.3 Å². The van der Waals surface area contributed by atoms with Crippen molar-refractivity contribution >= 4 is 17.5 Å². The van der Waals surface area contributed by atoms with Gasteiger partial charge in [-0.25, -0.2) is 5.43 Å². The van der Waals surface area contributed by atoms with Gasteiger partial charge >= 0.3 is 0 Å². The molecule has 6 heteroatoms. The number of nitrogens with one attached hydrogen (secondary N) is 4. The highest BCUT2D eigenvalue weighted by molar-refractivity contribution is 6.30. The van der Waals surface area contributed by atoms with Crippen molar-refractivity contribution in [2.24, 2.45) is 11.8 Å². The normalized spacial score (nSPS) is 28.0. The number of hydrazine groups is 1. The van der Waals surface area contributed by atoms with E-state index in [0.29, 0.717) is 17.5 Å². The molecule has 0 saturated carbocycles. The van der Waals surface area contributed by atoms with Crippen LogP contribution in [0.4, 0.5) is 0 Å². The van der Waals surface area contributed by atoms with Gasteiger partial charge in [-0.3, -0.25) is 10.2 Å². The third-order valence-corrected chi connectivity index (χ3v) is 4.78. The summed E-state index contributed by atoms with van der Waals surface area (Å²) in [6.45, 7) is 3.57. The Morgan fingerprint density at radius 1 is 1.36 bits per heavy atom. The molecule has 2 fully saturated rings. The molecule has 120 valence electrons. The first-order chi connectivity index (χ1) is 10.7. The van der Waals surface area contributed by atoms with Crippen LogP contribution < -0.4 is 21.5 Å². The summed E-state index contributed by atoms with van der Waals surface area (Å²) in [5, 5.41) is 7.13. The molecule has 1 amide bonds. The summed E-state index contributed by atoms with van der Waals surface area (Å²) in [5.41, 5.74) is 7.31. The van der Waals surface area contributed by atoms with E-state index >= 15 is 0 Å². The minimum Gasteiger partial charge on any atom is -0.356 e. The maximum atomic E-state index is 12.4. The SMILES string of the molecule is O=C(NCCC1CCNC1)C1CNNC1c1cccc(Cl)c1.